The van der Waals surface area contributed by atoms with Crippen LogP contribution in [0.3, 0.4) is 0 Å². The highest BCUT2D eigenvalue weighted by atomic mass is 19.4. The van der Waals surface area contributed by atoms with Gasteiger partial charge >= 0.3 is 12.1 Å². The van der Waals surface area contributed by atoms with E-state index in [0.29, 0.717) is 6.20 Å². The molecule has 2 rings (SSSR count). The molecule has 0 unspecified atom stereocenters. The van der Waals surface area contributed by atoms with E-state index in [1.54, 1.807) is 7.05 Å². The summed E-state index contributed by atoms with van der Waals surface area (Å²) < 4.78 is 39.7. The predicted molar refractivity (Wildman–Crippen MR) is 56.2 cm³/mol. The Labute approximate surface area is 104 Å². The molecule has 0 radical (unpaired) electrons. The number of halogens is 3. The largest absolute Gasteiger partial charge is 0.478 e. The average molecular weight is 272 g/mol. The van der Waals surface area contributed by atoms with Gasteiger partial charge in [0.05, 0.1) is 0 Å². The zero-order valence-corrected chi connectivity index (χ0v) is 9.51. The summed E-state index contributed by atoms with van der Waals surface area (Å²) >= 11 is 0. The summed E-state index contributed by atoms with van der Waals surface area (Å²) in [6.45, 7) is 0. The minimum Gasteiger partial charge on any atom is -0.478 e. The first-order valence-corrected chi connectivity index (χ1v) is 4.96. The Hall–Kier alpha value is -2.45. The molecule has 0 aliphatic rings. The molecule has 19 heavy (non-hydrogen) atoms. The van der Waals surface area contributed by atoms with Crippen molar-refractivity contribution < 1.29 is 23.1 Å². The van der Waals surface area contributed by atoms with Gasteiger partial charge in [0.1, 0.15) is 5.56 Å². The number of carboxylic acids is 1. The molecule has 0 aliphatic heterocycles. The molecular formula is C10H7F3N4O2. The molecule has 0 bridgehead atoms. The van der Waals surface area contributed by atoms with E-state index < -0.39 is 23.4 Å². The molecule has 2 aromatic rings. The molecule has 0 aromatic carbocycles. The van der Waals surface area contributed by atoms with Gasteiger partial charge in [0.25, 0.3) is 0 Å². The lowest BCUT2D eigenvalue weighted by Gasteiger charge is -2.10. The molecule has 6 nitrogen and oxygen atoms in total. The van der Waals surface area contributed by atoms with Gasteiger partial charge in [-0.05, 0) is 0 Å². The van der Waals surface area contributed by atoms with Crippen LogP contribution in [0.2, 0.25) is 0 Å². The zero-order valence-electron chi connectivity index (χ0n) is 9.51. The van der Waals surface area contributed by atoms with Crippen molar-refractivity contribution in [3.63, 3.8) is 0 Å². The van der Waals surface area contributed by atoms with E-state index in [0.717, 1.165) is 0 Å². The van der Waals surface area contributed by atoms with Crippen LogP contribution in [0.5, 0.6) is 0 Å². The van der Waals surface area contributed by atoms with Crippen LogP contribution in [0, 0.1) is 0 Å². The van der Waals surface area contributed by atoms with Gasteiger partial charge < -0.3 is 9.67 Å². The quantitative estimate of drug-likeness (QED) is 0.897. The number of aromatic nitrogens is 4. The predicted octanol–water partition coefficient (Wildman–Crippen LogP) is 1.59. The molecule has 1 N–H and O–H groups in total. The normalized spacial score (nSPS) is 11.6. The van der Waals surface area contributed by atoms with Crippen LogP contribution in [0.1, 0.15) is 16.1 Å². The van der Waals surface area contributed by atoms with Crippen molar-refractivity contribution in [1.82, 2.24) is 19.5 Å². The summed E-state index contributed by atoms with van der Waals surface area (Å²) in [7, 11) is 1.56. The Balaban J connectivity index is 2.63. The average Bonchev–Trinajstić information content (AvgIpc) is 2.73. The van der Waals surface area contributed by atoms with Crippen molar-refractivity contribution >= 4 is 5.97 Å². The Morgan fingerprint density at radius 1 is 1.37 bits per heavy atom. The number of rotatable bonds is 2. The molecule has 0 saturated carbocycles. The van der Waals surface area contributed by atoms with Gasteiger partial charge in [0.15, 0.2) is 17.3 Å². The zero-order chi connectivity index (χ0) is 14.2. The lowest BCUT2D eigenvalue weighted by molar-refractivity contribution is -0.141. The number of aromatic carboxylic acids is 1. The maximum absolute atomic E-state index is 12.8. The lowest BCUT2D eigenvalue weighted by atomic mass is 10.2. The molecule has 0 spiro atoms. The van der Waals surface area contributed by atoms with Gasteiger partial charge in [-0.1, -0.05) is 0 Å². The van der Waals surface area contributed by atoms with Gasteiger partial charge in [0, 0.05) is 25.6 Å². The van der Waals surface area contributed by atoms with Crippen LogP contribution in [0.15, 0.2) is 18.6 Å². The molecule has 0 aliphatic carbocycles. The standard InChI is InChI=1S/C10H7F3N4O2/c1-17-3-2-14-8(17)7-15-4-5(9(18)19)6(16-7)10(11,12)13/h2-4H,1H3,(H,18,19). The molecule has 0 atom stereocenters. The van der Waals surface area contributed by atoms with E-state index >= 15 is 0 Å². The molecule has 9 heteroatoms. The smallest absolute Gasteiger partial charge is 0.434 e. The number of alkyl halides is 3. The van der Waals surface area contributed by atoms with Crippen LogP contribution < -0.4 is 0 Å². The second-order valence-electron chi connectivity index (χ2n) is 3.62. The maximum atomic E-state index is 12.8. The Kier molecular flexibility index (Phi) is 2.97. The highest BCUT2D eigenvalue weighted by Gasteiger charge is 2.38. The first-order chi connectivity index (χ1) is 8.80. The van der Waals surface area contributed by atoms with Gasteiger partial charge in [-0.3, -0.25) is 0 Å². The summed E-state index contributed by atoms with van der Waals surface area (Å²) in [5, 5.41) is 8.70. The number of carbonyl (C=O) groups is 1. The van der Waals surface area contributed by atoms with Gasteiger partial charge in [-0.2, -0.15) is 13.2 Å². The van der Waals surface area contributed by atoms with Crippen LogP contribution >= 0.6 is 0 Å². The number of hydrogen-bond acceptors (Lipinski definition) is 4. The second-order valence-corrected chi connectivity index (χ2v) is 3.62. The third-order valence-electron chi connectivity index (χ3n) is 2.31. The van der Waals surface area contributed by atoms with Gasteiger partial charge in [-0.15, -0.1) is 0 Å². The molecule has 0 amide bonds. The molecule has 0 fully saturated rings. The van der Waals surface area contributed by atoms with E-state index in [4.69, 9.17) is 5.11 Å². The van der Waals surface area contributed by atoms with Crippen LogP contribution in [0.25, 0.3) is 11.6 Å². The van der Waals surface area contributed by atoms with E-state index in [1.165, 1.54) is 17.0 Å². The summed E-state index contributed by atoms with van der Waals surface area (Å²) in [4.78, 5) is 21.4. The van der Waals surface area contributed by atoms with Crippen molar-refractivity contribution in [2.75, 3.05) is 0 Å². The lowest BCUT2D eigenvalue weighted by Crippen LogP contribution is -2.17. The fraction of sp³-hybridized carbons (Fsp3) is 0.200. The van der Waals surface area contributed by atoms with E-state index in [-0.39, 0.29) is 11.6 Å². The Morgan fingerprint density at radius 3 is 2.53 bits per heavy atom. The van der Waals surface area contributed by atoms with Crippen molar-refractivity contribution in [2.24, 2.45) is 7.05 Å². The molecular weight excluding hydrogens is 265 g/mol. The minimum atomic E-state index is -4.88. The molecule has 2 aromatic heterocycles. The first kappa shape index (κ1) is 13.0. The molecule has 0 saturated heterocycles. The highest BCUT2D eigenvalue weighted by molar-refractivity contribution is 5.88. The summed E-state index contributed by atoms with van der Waals surface area (Å²) in [6.07, 6.45) is -1.37. The number of hydrogen-bond donors (Lipinski definition) is 1. The van der Waals surface area contributed by atoms with Gasteiger partial charge in [0.2, 0.25) is 0 Å². The van der Waals surface area contributed by atoms with Crippen molar-refractivity contribution in [3.8, 4) is 11.6 Å². The summed E-state index contributed by atoms with van der Waals surface area (Å²) in [5.74, 6) is -1.91. The van der Waals surface area contributed by atoms with Crippen molar-refractivity contribution in [2.45, 2.75) is 6.18 Å². The monoisotopic (exact) mass is 272 g/mol. The highest BCUT2D eigenvalue weighted by Crippen LogP contribution is 2.31. The molecule has 2 heterocycles. The van der Waals surface area contributed by atoms with Crippen LogP contribution in [0.4, 0.5) is 13.2 Å². The van der Waals surface area contributed by atoms with E-state index in [2.05, 4.69) is 15.0 Å². The van der Waals surface area contributed by atoms with Crippen molar-refractivity contribution in [1.29, 1.82) is 0 Å². The minimum absolute atomic E-state index is 0.113. The second kappa shape index (κ2) is 4.34. The van der Waals surface area contributed by atoms with Crippen LogP contribution in [-0.2, 0) is 13.2 Å². The Morgan fingerprint density at radius 2 is 2.05 bits per heavy atom. The number of carboxylic acid groups (broad SMARTS) is 1. The van der Waals surface area contributed by atoms with Gasteiger partial charge in [-0.25, -0.2) is 19.7 Å². The molecule has 100 valence electrons. The first-order valence-electron chi connectivity index (χ1n) is 4.96. The number of imidazole rings is 1. The maximum Gasteiger partial charge on any atom is 0.434 e. The van der Waals surface area contributed by atoms with E-state index in [1.807, 2.05) is 0 Å². The van der Waals surface area contributed by atoms with E-state index in [9.17, 15) is 18.0 Å². The summed E-state index contributed by atoms with van der Waals surface area (Å²) in [5.41, 5.74) is -2.49. The number of nitrogens with zero attached hydrogens (tertiary/aromatic N) is 4. The topological polar surface area (TPSA) is 80.9 Å². The van der Waals surface area contributed by atoms with Crippen LogP contribution in [-0.4, -0.2) is 30.6 Å². The third-order valence-corrected chi connectivity index (χ3v) is 2.31. The third kappa shape index (κ3) is 2.39. The SMILES string of the molecule is Cn1ccnc1-c1ncc(C(=O)O)c(C(F)(F)F)n1. The fourth-order valence-electron chi connectivity index (χ4n) is 1.44. The van der Waals surface area contributed by atoms with Crippen molar-refractivity contribution in [3.05, 3.63) is 29.8 Å². The number of aryl methyl sites for hydroxylation is 1. The fourth-order valence-corrected chi connectivity index (χ4v) is 1.44. The summed E-state index contributed by atoms with van der Waals surface area (Å²) in [6, 6.07) is 0. The Bertz CT molecular complexity index is 636.